The fraction of sp³-hybridized carbons (Fsp3) is 0.250. The number of benzene rings is 2. The molecular weight excluding hydrogens is 528 g/mol. The molecule has 11 heteroatoms. The molecule has 0 saturated heterocycles. The average Bonchev–Trinajstić information content (AvgIpc) is 2.72. The minimum atomic E-state index is -4.53. The zero-order valence-corrected chi connectivity index (χ0v) is 18.5. The lowest BCUT2D eigenvalue weighted by Crippen LogP contribution is -2.52. The zero-order chi connectivity index (χ0) is 23.3. The van der Waals surface area contributed by atoms with Gasteiger partial charge in [-0.25, -0.2) is 0 Å². The second-order valence-electron chi connectivity index (χ2n) is 6.59. The lowest BCUT2D eigenvalue weighted by molar-refractivity contribution is -0.137. The number of amides is 2. The second kappa shape index (κ2) is 9.97. The van der Waals surface area contributed by atoms with Crippen LogP contribution < -0.4 is 16.2 Å². The highest BCUT2D eigenvalue weighted by Crippen LogP contribution is 2.29. The number of alkyl halides is 3. The number of anilines is 1. The number of hydrazine groups is 1. The molecule has 0 saturated carbocycles. The van der Waals surface area contributed by atoms with Crippen LogP contribution in [0.1, 0.15) is 34.0 Å². The van der Waals surface area contributed by atoms with E-state index in [4.69, 9.17) is 5.26 Å². The Morgan fingerprint density at radius 1 is 1.13 bits per heavy atom. The van der Waals surface area contributed by atoms with E-state index in [0.29, 0.717) is 20.4 Å². The van der Waals surface area contributed by atoms with Crippen molar-refractivity contribution in [3.63, 3.8) is 0 Å². The normalized spacial score (nSPS) is 13.0. The van der Waals surface area contributed by atoms with Crippen molar-refractivity contribution in [1.29, 1.82) is 5.26 Å². The molecule has 0 fully saturated rings. The summed E-state index contributed by atoms with van der Waals surface area (Å²) < 4.78 is 38.5. The summed E-state index contributed by atoms with van der Waals surface area (Å²) in [5, 5.41) is 22.0. The predicted molar refractivity (Wildman–Crippen MR) is 115 cm³/mol. The van der Waals surface area contributed by atoms with Crippen LogP contribution in [0.3, 0.4) is 0 Å². The van der Waals surface area contributed by atoms with E-state index in [1.165, 1.54) is 6.92 Å². The first-order valence-electron chi connectivity index (χ1n) is 8.87. The maximum Gasteiger partial charge on any atom is 0.416 e. The van der Waals surface area contributed by atoms with Gasteiger partial charge in [0.15, 0.2) is 0 Å². The van der Waals surface area contributed by atoms with Crippen LogP contribution in [0, 0.1) is 21.8 Å². The van der Waals surface area contributed by atoms with Gasteiger partial charge in [-0.2, -0.15) is 18.4 Å². The predicted octanol–water partition coefficient (Wildman–Crippen LogP) is 3.11. The highest BCUT2D eigenvalue weighted by Gasteiger charge is 2.30. The Hall–Kier alpha value is -2.85. The van der Waals surface area contributed by atoms with Crippen LogP contribution in [0.25, 0.3) is 0 Å². The molecule has 0 aliphatic carbocycles. The molecule has 0 bridgehead atoms. The van der Waals surface area contributed by atoms with Gasteiger partial charge in [0.25, 0.3) is 11.8 Å². The highest BCUT2D eigenvalue weighted by molar-refractivity contribution is 14.1. The van der Waals surface area contributed by atoms with Crippen molar-refractivity contribution < 1.29 is 27.9 Å². The first-order chi connectivity index (χ1) is 14.5. The maximum atomic E-state index is 12.6. The molecule has 4 N–H and O–H groups in total. The van der Waals surface area contributed by atoms with Crippen LogP contribution in [0.5, 0.6) is 0 Å². The van der Waals surface area contributed by atoms with Crippen LogP contribution in [-0.4, -0.2) is 29.1 Å². The molecule has 0 radical (unpaired) electrons. The van der Waals surface area contributed by atoms with E-state index in [9.17, 15) is 27.9 Å². The summed E-state index contributed by atoms with van der Waals surface area (Å²) in [6.45, 7) is 3.12. The average molecular weight is 546 g/mol. The summed E-state index contributed by atoms with van der Waals surface area (Å²) in [5.41, 5.74) is 4.94. The summed E-state index contributed by atoms with van der Waals surface area (Å²) in [4.78, 5) is 24.6. The quantitative estimate of drug-likeness (QED) is 0.340. The van der Waals surface area contributed by atoms with E-state index in [0.717, 1.165) is 24.3 Å². The van der Waals surface area contributed by atoms with Crippen molar-refractivity contribution in [1.82, 2.24) is 10.9 Å². The standard InChI is InChI=1S/C20H18F3IN4O3/c1-10-15(8-5-13(9-25)16(10)24)26-17(11(2)29)19(31)28-27-18(30)12-3-6-14(7-4-12)20(21,22)23/h3-8,11,17,26,29H,1-2H3,(H,27,30)(H,28,31)/t11-,17+/m0/s1. The molecule has 2 rings (SSSR count). The number of nitrogens with zero attached hydrogens (tertiary/aromatic N) is 1. The second-order valence-corrected chi connectivity index (χ2v) is 7.67. The van der Waals surface area contributed by atoms with Crippen molar-refractivity contribution in [2.75, 3.05) is 5.32 Å². The van der Waals surface area contributed by atoms with Gasteiger partial charge in [-0.15, -0.1) is 0 Å². The summed E-state index contributed by atoms with van der Waals surface area (Å²) in [6.07, 6.45) is -5.68. The molecule has 7 nitrogen and oxygen atoms in total. The van der Waals surface area contributed by atoms with Crippen LogP contribution >= 0.6 is 22.6 Å². The molecule has 0 aliphatic rings. The van der Waals surface area contributed by atoms with Gasteiger partial charge in [0.1, 0.15) is 12.1 Å². The van der Waals surface area contributed by atoms with E-state index in [1.54, 1.807) is 19.1 Å². The third kappa shape index (κ3) is 6.08. The Kier molecular flexibility index (Phi) is 7.85. The molecule has 2 aromatic carbocycles. The van der Waals surface area contributed by atoms with E-state index in [-0.39, 0.29) is 5.56 Å². The van der Waals surface area contributed by atoms with E-state index in [1.807, 2.05) is 28.7 Å². The molecule has 2 aromatic rings. The topological polar surface area (TPSA) is 114 Å². The first-order valence-corrected chi connectivity index (χ1v) is 9.94. The molecule has 0 heterocycles. The van der Waals surface area contributed by atoms with Crippen molar-refractivity contribution in [3.05, 3.63) is 62.2 Å². The summed E-state index contributed by atoms with van der Waals surface area (Å²) >= 11 is 2.00. The van der Waals surface area contributed by atoms with Gasteiger partial charge in [0.2, 0.25) is 0 Å². The Bertz CT molecular complexity index is 1020. The molecule has 2 amide bonds. The van der Waals surface area contributed by atoms with Crippen molar-refractivity contribution in [2.45, 2.75) is 32.2 Å². The van der Waals surface area contributed by atoms with Crippen molar-refractivity contribution in [2.24, 2.45) is 0 Å². The lowest BCUT2D eigenvalue weighted by Gasteiger charge is -2.23. The Morgan fingerprint density at radius 2 is 1.74 bits per heavy atom. The van der Waals surface area contributed by atoms with Crippen molar-refractivity contribution >= 4 is 40.1 Å². The number of rotatable bonds is 5. The monoisotopic (exact) mass is 546 g/mol. The number of aliphatic hydroxyl groups is 1. The third-order valence-corrected chi connectivity index (χ3v) is 5.75. The van der Waals surface area contributed by atoms with Crippen LogP contribution in [-0.2, 0) is 11.0 Å². The van der Waals surface area contributed by atoms with E-state index >= 15 is 0 Å². The molecule has 0 aliphatic heterocycles. The van der Waals surface area contributed by atoms with Crippen LogP contribution in [0.15, 0.2) is 36.4 Å². The zero-order valence-electron chi connectivity index (χ0n) is 16.3. The van der Waals surface area contributed by atoms with Crippen LogP contribution in [0.4, 0.5) is 18.9 Å². The Labute approximate surface area is 189 Å². The fourth-order valence-electron chi connectivity index (χ4n) is 2.58. The van der Waals surface area contributed by atoms with Gasteiger partial charge in [-0.3, -0.25) is 20.4 Å². The number of hydrogen-bond donors (Lipinski definition) is 4. The Morgan fingerprint density at radius 3 is 2.26 bits per heavy atom. The molecule has 31 heavy (non-hydrogen) atoms. The van der Waals surface area contributed by atoms with Gasteiger partial charge in [0.05, 0.1) is 17.2 Å². The Balaban J connectivity index is 2.07. The summed E-state index contributed by atoms with van der Waals surface area (Å²) in [5.74, 6) is -1.59. The number of carbonyl (C=O) groups excluding carboxylic acids is 2. The molecule has 2 atom stereocenters. The first kappa shape index (κ1) is 24.4. The van der Waals surface area contributed by atoms with Gasteiger partial charge in [-0.05, 0) is 78.4 Å². The van der Waals surface area contributed by atoms with E-state index in [2.05, 4.69) is 16.2 Å². The minimum Gasteiger partial charge on any atom is -0.391 e. The van der Waals surface area contributed by atoms with Gasteiger partial charge >= 0.3 is 6.18 Å². The summed E-state index contributed by atoms with van der Waals surface area (Å²) in [7, 11) is 0. The largest absolute Gasteiger partial charge is 0.416 e. The number of nitriles is 1. The lowest BCUT2D eigenvalue weighted by atomic mass is 10.1. The number of halogens is 4. The number of hydrogen-bond acceptors (Lipinski definition) is 5. The number of carbonyl (C=O) groups is 2. The van der Waals surface area contributed by atoms with Gasteiger partial charge < -0.3 is 10.4 Å². The van der Waals surface area contributed by atoms with Crippen molar-refractivity contribution in [3.8, 4) is 6.07 Å². The number of nitrogens with one attached hydrogen (secondary N) is 3. The molecule has 0 aromatic heterocycles. The van der Waals surface area contributed by atoms with Gasteiger partial charge in [0, 0.05) is 14.8 Å². The van der Waals surface area contributed by atoms with Crippen LogP contribution in [0.2, 0.25) is 0 Å². The fourth-order valence-corrected chi connectivity index (χ4v) is 3.17. The van der Waals surface area contributed by atoms with Gasteiger partial charge in [-0.1, -0.05) is 0 Å². The highest BCUT2D eigenvalue weighted by atomic mass is 127. The third-order valence-electron chi connectivity index (χ3n) is 4.36. The number of aliphatic hydroxyl groups excluding tert-OH is 1. The molecule has 164 valence electrons. The molecule has 0 unspecified atom stereocenters. The summed E-state index contributed by atoms with van der Waals surface area (Å²) in [6, 6.07) is 7.54. The minimum absolute atomic E-state index is 0.0904. The molecule has 0 spiro atoms. The SMILES string of the molecule is Cc1c(N[C@@H](C(=O)NNC(=O)c2ccc(C(F)(F)F)cc2)[C@H](C)O)ccc(C#N)c1I. The smallest absolute Gasteiger partial charge is 0.391 e. The molecular formula is C20H18F3IN4O3. The van der Waals surface area contributed by atoms with E-state index < -0.39 is 35.7 Å². The maximum absolute atomic E-state index is 12.6.